The van der Waals surface area contributed by atoms with Crippen molar-refractivity contribution in [3.63, 3.8) is 0 Å². The molecule has 0 spiro atoms. The quantitative estimate of drug-likeness (QED) is 0.0646. The molecule has 0 amide bonds. The summed E-state index contributed by atoms with van der Waals surface area (Å²) in [4.78, 5) is 23.3. The zero-order chi connectivity index (χ0) is 21.6. The molecule has 0 bridgehead atoms. The average molecular weight is 406 g/mol. The number of carbonyl (C=O) groups is 2. The van der Waals surface area contributed by atoms with E-state index in [0.717, 1.165) is 38.2 Å². The highest BCUT2D eigenvalue weighted by Gasteiger charge is 2.16. The van der Waals surface area contributed by atoms with Crippen LogP contribution in [0.25, 0.3) is 0 Å². The second-order valence-electron chi connectivity index (χ2n) is 7.17. The Morgan fingerprint density at radius 3 is 1.93 bits per heavy atom. The van der Waals surface area contributed by atoms with Crippen molar-refractivity contribution in [2.45, 2.75) is 104 Å². The molecule has 29 heavy (non-hydrogen) atoms. The van der Waals surface area contributed by atoms with E-state index in [1.54, 1.807) is 13.0 Å². The molecule has 164 valence electrons. The summed E-state index contributed by atoms with van der Waals surface area (Å²) in [7, 11) is 0. The largest absolute Gasteiger partial charge is 0.460 e. The van der Waals surface area contributed by atoms with Gasteiger partial charge < -0.3 is 9.47 Å². The van der Waals surface area contributed by atoms with Gasteiger partial charge in [0.1, 0.15) is 0 Å². The number of unbranched alkanes of at least 4 members (excludes halogenated alkanes) is 11. The SMILES string of the molecule is CCCCCCCC/C=C\CCCCCCCC(=O)O/C(=C\C#N)C(=O)OCC. The van der Waals surface area contributed by atoms with Gasteiger partial charge in [0.2, 0.25) is 5.76 Å². The van der Waals surface area contributed by atoms with Gasteiger partial charge in [-0.1, -0.05) is 70.4 Å². The summed E-state index contributed by atoms with van der Waals surface area (Å²) < 4.78 is 9.69. The summed E-state index contributed by atoms with van der Waals surface area (Å²) >= 11 is 0. The standard InChI is InChI=1S/C24H39NO4/c1-3-5-6-7-8-9-10-11-12-13-14-15-16-17-18-19-23(26)29-22(20-21-25)24(27)28-4-2/h11-12,20H,3-10,13-19H2,1-2H3/b12-11-,22-20-. The molecule has 0 heterocycles. The molecule has 0 N–H and O–H groups in total. The predicted molar refractivity (Wildman–Crippen MR) is 116 cm³/mol. The smallest absolute Gasteiger partial charge is 0.375 e. The molecule has 0 saturated carbocycles. The number of nitriles is 1. The fourth-order valence-electron chi connectivity index (χ4n) is 2.90. The van der Waals surface area contributed by atoms with Crippen molar-refractivity contribution in [2.24, 2.45) is 0 Å². The van der Waals surface area contributed by atoms with Gasteiger partial charge in [0, 0.05) is 6.42 Å². The summed E-state index contributed by atoms with van der Waals surface area (Å²) in [6.07, 6.45) is 21.2. The first-order valence-corrected chi connectivity index (χ1v) is 11.3. The van der Waals surface area contributed by atoms with Crippen LogP contribution in [0.2, 0.25) is 0 Å². The lowest BCUT2D eigenvalue weighted by Crippen LogP contribution is -2.14. The van der Waals surface area contributed by atoms with Gasteiger partial charge in [-0.2, -0.15) is 5.26 Å². The highest BCUT2D eigenvalue weighted by atomic mass is 16.6. The van der Waals surface area contributed by atoms with E-state index in [1.807, 2.05) is 0 Å². The Balaban J connectivity index is 3.61. The number of hydrogen-bond acceptors (Lipinski definition) is 5. The van der Waals surface area contributed by atoms with Crippen LogP contribution in [-0.2, 0) is 19.1 Å². The Morgan fingerprint density at radius 2 is 1.38 bits per heavy atom. The van der Waals surface area contributed by atoms with Crippen LogP contribution in [0.5, 0.6) is 0 Å². The van der Waals surface area contributed by atoms with Gasteiger partial charge in [-0.3, -0.25) is 4.79 Å². The topological polar surface area (TPSA) is 76.4 Å². The van der Waals surface area contributed by atoms with Crippen molar-refractivity contribution in [2.75, 3.05) is 6.61 Å². The minimum Gasteiger partial charge on any atom is -0.460 e. The number of nitrogens with zero attached hydrogens (tertiary/aromatic N) is 1. The Hall–Kier alpha value is -2.09. The maximum atomic E-state index is 11.8. The first-order chi connectivity index (χ1) is 14.2. The van der Waals surface area contributed by atoms with Gasteiger partial charge in [-0.15, -0.1) is 0 Å². The molecule has 0 aliphatic heterocycles. The van der Waals surface area contributed by atoms with Gasteiger partial charge in [0.05, 0.1) is 18.8 Å². The molecule has 0 fully saturated rings. The van der Waals surface area contributed by atoms with Crippen molar-refractivity contribution in [1.29, 1.82) is 5.26 Å². The van der Waals surface area contributed by atoms with Crippen LogP contribution in [0, 0.1) is 11.3 Å². The zero-order valence-electron chi connectivity index (χ0n) is 18.4. The van der Waals surface area contributed by atoms with Crippen LogP contribution in [0.15, 0.2) is 24.0 Å². The van der Waals surface area contributed by atoms with Crippen LogP contribution in [0.1, 0.15) is 104 Å². The second kappa shape index (κ2) is 20.6. The average Bonchev–Trinajstić information content (AvgIpc) is 2.70. The van der Waals surface area contributed by atoms with E-state index in [0.29, 0.717) is 0 Å². The number of carbonyl (C=O) groups excluding carboxylic acids is 2. The van der Waals surface area contributed by atoms with E-state index in [4.69, 9.17) is 14.7 Å². The van der Waals surface area contributed by atoms with Crippen LogP contribution in [0.3, 0.4) is 0 Å². The van der Waals surface area contributed by atoms with Crippen molar-refractivity contribution in [3.05, 3.63) is 24.0 Å². The predicted octanol–water partition coefficient (Wildman–Crippen LogP) is 6.54. The zero-order valence-corrected chi connectivity index (χ0v) is 18.4. The third-order valence-electron chi connectivity index (χ3n) is 4.54. The third kappa shape index (κ3) is 17.7. The number of hydrogen-bond donors (Lipinski definition) is 0. The summed E-state index contributed by atoms with van der Waals surface area (Å²) in [5.41, 5.74) is 0. The Morgan fingerprint density at radius 1 is 0.828 bits per heavy atom. The minimum atomic E-state index is -0.785. The number of allylic oxidation sites excluding steroid dienone is 3. The molecular formula is C24H39NO4. The lowest BCUT2D eigenvalue weighted by atomic mass is 10.1. The maximum absolute atomic E-state index is 11.8. The first-order valence-electron chi connectivity index (χ1n) is 11.3. The van der Waals surface area contributed by atoms with Crippen molar-refractivity contribution < 1.29 is 19.1 Å². The van der Waals surface area contributed by atoms with Gasteiger partial charge in [0.25, 0.3) is 0 Å². The molecule has 0 saturated heterocycles. The number of esters is 2. The summed E-state index contributed by atoms with van der Waals surface area (Å²) in [6.45, 7) is 4.05. The Labute approximate surface area is 177 Å². The van der Waals surface area contributed by atoms with Crippen molar-refractivity contribution >= 4 is 11.9 Å². The number of ether oxygens (including phenoxy) is 2. The fraction of sp³-hybridized carbons (Fsp3) is 0.708. The third-order valence-corrected chi connectivity index (χ3v) is 4.54. The molecule has 5 heteroatoms. The molecule has 0 unspecified atom stereocenters. The molecule has 0 aliphatic carbocycles. The molecule has 0 radical (unpaired) electrons. The summed E-state index contributed by atoms with van der Waals surface area (Å²) in [6, 6.07) is 1.69. The molecule has 5 nitrogen and oxygen atoms in total. The fourth-order valence-corrected chi connectivity index (χ4v) is 2.90. The molecule has 0 aromatic carbocycles. The monoisotopic (exact) mass is 405 g/mol. The Kier molecular flexibility index (Phi) is 19.2. The minimum absolute atomic E-state index is 0.160. The highest BCUT2D eigenvalue weighted by Crippen LogP contribution is 2.11. The van der Waals surface area contributed by atoms with E-state index in [-0.39, 0.29) is 18.8 Å². The van der Waals surface area contributed by atoms with Crippen LogP contribution in [0.4, 0.5) is 0 Å². The summed E-state index contributed by atoms with van der Waals surface area (Å²) in [5.74, 6) is -1.63. The van der Waals surface area contributed by atoms with Gasteiger partial charge in [-0.05, 0) is 39.0 Å². The number of rotatable bonds is 18. The van der Waals surface area contributed by atoms with Gasteiger partial charge in [0.15, 0.2) is 0 Å². The van der Waals surface area contributed by atoms with E-state index in [2.05, 4.69) is 19.1 Å². The van der Waals surface area contributed by atoms with E-state index in [9.17, 15) is 9.59 Å². The lowest BCUT2D eigenvalue weighted by molar-refractivity contribution is -0.151. The normalized spacial score (nSPS) is 11.4. The van der Waals surface area contributed by atoms with Gasteiger partial charge in [-0.25, -0.2) is 4.79 Å². The lowest BCUT2D eigenvalue weighted by Gasteiger charge is -2.06. The molecule has 0 aromatic heterocycles. The van der Waals surface area contributed by atoms with Gasteiger partial charge >= 0.3 is 11.9 Å². The molecular weight excluding hydrogens is 366 g/mol. The van der Waals surface area contributed by atoms with Crippen LogP contribution >= 0.6 is 0 Å². The second-order valence-corrected chi connectivity index (χ2v) is 7.17. The summed E-state index contributed by atoms with van der Waals surface area (Å²) in [5, 5.41) is 8.65. The van der Waals surface area contributed by atoms with Crippen molar-refractivity contribution in [1.82, 2.24) is 0 Å². The van der Waals surface area contributed by atoms with E-state index < -0.39 is 11.9 Å². The van der Waals surface area contributed by atoms with Crippen LogP contribution < -0.4 is 0 Å². The first kappa shape index (κ1) is 26.9. The molecule has 0 rings (SSSR count). The van der Waals surface area contributed by atoms with Crippen LogP contribution in [-0.4, -0.2) is 18.5 Å². The van der Waals surface area contributed by atoms with E-state index >= 15 is 0 Å². The Bertz CT molecular complexity index is 531. The maximum Gasteiger partial charge on any atom is 0.375 e. The van der Waals surface area contributed by atoms with Crippen molar-refractivity contribution in [3.8, 4) is 6.07 Å². The molecule has 0 aliphatic rings. The molecule has 0 aromatic rings. The molecule has 0 atom stereocenters. The van der Waals surface area contributed by atoms with E-state index in [1.165, 1.54) is 51.4 Å². The highest BCUT2D eigenvalue weighted by molar-refractivity contribution is 5.90.